The molecule has 0 fully saturated rings. The van der Waals surface area contributed by atoms with E-state index in [2.05, 4.69) is 9.71 Å². The van der Waals surface area contributed by atoms with E-state index in [1.165, 1.54) is 6.07 Å². The SMILES string of the molecule is N#Cc1cccc(CS(=O)(=O)NCc2nc(C(N)=O)co2)c1. The number of nitrogens with zero attached hydrogens (tertiary/aromatic N) is 2. The third-order valence-electron chi connectivity index (χ3n) is 2.66. The number of primary amides is 1. The van der Waals surface area contributed by atoms with Gasteiger partial charge in [0, 0.05) is 0 Å². The molecule has 0 saturated carbocycles. The molecule has 0 aliphatic carbocycles. The molecule has 114 valence electrons. The van der Waals surface area contributed by atoms with Crippen LogP contribution in [0, 0.1) is 11.3 Å². The van der Waals surface area contributed by atoms with Crippen molar-refractivity contribution >= 4 is 15.9 Å². The monoisotopic (exact) mass is 320 g/mol. The van der Waals surface area contributed by atoms with Crippen LogP contribution in [-0.4, -0.2) is 19.3 Å². The number of carbonyl (C=O) groups excluding carboxylic acids is 1. The van der Waals surface area contributed by atoms with E-state index in [4.69, 9.17) is 15.4 Å². The molecule has 22 heavy (non-hydrogen) atoms. The summed E-state index contributed by atoms with van der Waals surface area (Å²) in [6, 6.07) is 8.24. The summed E-state index contributed by atoms with van der Waals surface area (Å²) >= 11 is 0. The zero-order valence-corrected chi connectivity index (χ0v) is 12.1. The number of aromatic nitrogens is 1. The lowest BCUT2D eigenvalue weighted by molar-refractivity contribution is 0.0995. The van der Waals surface area contributed by atoms with Crippen molar-refractivity contribution in [1.82, 2.24) is 9.71 Å². The predicted molar refractivity (Wildman–Crippen MR) is 75.6 cm³/mol. The first kappa shape index (κ1) is 15.7. The van der Waals surface area contributed by atoms with E-state index in [9.17, 15) is 13.2 Å². The van der Waals surface area contributed by atoms with Crippen LogP contribution in [-0.2, 0) is 22.3 Å². The van der Waals surface area contributed by atoms with E-state index >= 15 is 0 Å². The molecular weight excluding hydrogens is 308 g/mol. The van der Waals surface area contributed by atoms with Gasteiger partial charge in [-0.05, 0) is 17.7 Å². The predicted octanol–water partition coefficient (Wildman–Crippen LogP) is 0.265. The summed E-state index contributed by atoms with van der Waals surface area (Å²) in [5.41, 5.74) is 5.80. The molecule has 9 heteroatoms. The maximum atomic E-state index is 12.0. The van der Waals surface area contributed by atoms with Gasteiger partial charge in [0.1, 0.15) is 6.26 Å². The fourth-order valence-electron chi connectivity index (χ4n) is 1.68. The van der Waals surface area contributed by atoms with E-state index in [0.717, 1.165) is 6.26 Å². The molecule has 0 bridgehead atoms. The second-order valence-electron chi connectivity index (χ2n) is 4.38. The van der Waals surface area contributed by atoms with E-state index in [1.807, 2.05) is 6.07 Å². The lowest BCUT2D eigenvalue weighted by atomic mass is 10.2. The number of nitriles is 1. The summed E-state index contributed by atoms with van der Waals surface area (Å²) in [6.07, 6.45) is 1.06. The van der Waals surface area contributed by atoms with Gasteiger partial charge in [0.05, 0.1) is 23.9 Å². The van der Waals surface area contributed by atoms with Gasteiger partial charge in [0.25, 0.3) is 5.91 Å². The van der Waals surface area contributed by atoms with Crippen molar-refractivity contribution in [2.75, 3.05) is 0 Å². The van der Waals surface area contributed by atoms with Crippen LogP contribution >= 0.6 is 0 Å². The highest BCUT2D eigenvalue weighted by Gasteiger charge is 2.14. The summed E-state index contributed by atoms with van der Waals surface area (Å²) in [5.74, 6) is -1.01. The minimum Gasteiger partial charge on any atom is -0.447 e. The maximum Gasteiger partial charge on any atom is 0.270 e. The number of oxazole rings is 1. The summed E-state index contributed by atoms with van der Waals surface area (Å²) in [5, 5.41) is 8.79. The molecule has 0 unspecified atom stereocenters. The lowest BCUT2D eigenvalue weighted by Crippen LogP contribution is -2.25. The van der Waals surface area contributed by atoms with Gasteiger partial charge in [-0.3, -0.25) is 4.79 Å². The fourth-order valence-corrected chi connectivity index (χ4v) is 2.74. The number of nitrogens with two attached hydrogens (primary N) is 1. The van der Waals surface area contributed by atoms with Crippen molar-refractivity contribution in [3.63, 3.8) is 0 Å². The normalized spacial score (nSPS) is 11.0. The van der Waals surface area contributed by atoms with E-state index < -0.39 is 15.9 Å². The third-order valence-corrected chi connectivity index (χ3v) is 3.96. The Morgan fingerprint density at radius 1 is 1.45 bits per heavy atom. The molecular formula is C13H12N4O4S. The number of hydrogen-bond acceptors (Lipinski definition) is 6. The summed E-state index contributed by atoms with van der Waals surface area (Å²) in [7, 11) is -3.64. The van der Waals surface area contributed by atoms with Gasteiger partial charge in [0.2, 0.25) is 15.9 Å². The van der Waals surface area contributed by atoms with Crippen LogP contribution in [0.2, 0.25) is 0 Å². The minimum atomic E-state index is -3.64. The molecule has 0 aliphatic rings. The lowest BCUT2D eigenvalue weighted by Gasteiger charge is -2.05. The highest BCUT2D eigenvalue weighted by molar-refractivity contribution is 7.88. The molecule has 0 atom stereocenters. The van der Waals surface area contributed by atoms with Gasteiger partial charge in [-0.15, -0.1) is 0 Å². The Kier molecular flexibility index (Phi) is 4.55. The van der Waals surface area contributed by atoms with Gasteiger partial charge >= 0.3 is 0 Å². The molecule has 1 heterocycles. The highest BCUT2D eigenvalue weighted by Crippen LogP contribution is 2.09. The molecule has 8 nitrogen and oxygen atoms in total. The molecule has 0 saturated heterocycles. The summed E-state index contributed by atoms with van der Waals surface area (Å²) in [4.78, 5) is 14.6. The Labute approximate surface area is 126 Å². The van der Waals surface area contributed by atoms with Crippen molar-refractivity contribution in [3.8, 4) is 6.07 Å². The first-order chi connectivity index (χ1) is 10.4. The summed E-state index contributed by atoms with van der Waals surface area (Å²) in [6.45, 7) is -0.201. The first-order valence-corrected chi connectivity index (χ1v) is 7.75. The number of amides is 1. The number of rotatable bonds is 6. The van der Waals surface area contributed by atoms with Crippen molar-refractivity contribution in [2.24, 2.45) is 5.73 Å². The topological polar surface area (TPSA) is 139 Å². The average molecular weight is 320 g/mol. The zero-order valence-electron chi connectivity index (χ0n) is 11.3. The van der Waals surface area contributed by atoms with Gasteiger partial charge in [-0.25, -0.2) is 18.1 Å². The second-order valence-corrected chi connectivity index (χ2v) is 6.19. The summed E-state index contributed by atoms with van der Waals surface area (Å²) < 4.78 is 31.1. The van der Waals surface area contributed by atoms with Gasteiger partial charge in [0.15, 0.2) is 5.69 Å². The Hall–Kier alpha value is -2.70. The fraction of sp³-hybridized carbons (Fsp3) is 0.154. The number of sulfonamides is 1. The van der Waals surface area contributed by atoms with Crippen LogP contribution in [0.15, 0.2) is 34.9 Å². The van der Waals surface area contributed by atoms with Crippen LogP contribution in [0.3, 0.4) is 0 Å². The van der Waals surface area contributed by atoms with Crippen molar-refractivity contribution < 1.29 is 17.6 Å². The van der Waals surface area contributed by atoms with Crippen molar-refractivity contribution in [2.45, 2.75) is 12.3 Å². The number of nitrogens with one attached hydrogen (secondary N) is 1. The Morgan fingerprint density at radius 3 is 2.86 bits per heavy atom. The van der Waals surface area contributed by atoms with E-state index in [-0.39, 0.29) is 23.9 Å². The van der Waals surface area contributed by atoms with E-state index in [1.54, 1.807) is 18.2 Å². The Morgan fingerprint density at radius 2 is 2.23 bits per heavy atom. The second kappa shape index (κ2) is 6.38. The molecule has 0 aliphatic heterocycles. The zero-order chi connectivity index (χ0) is 16.2. The molecule has 1 amide bonds. The molecule has 2 aromatic rings. The van der Waals surface area contributed by atoms with Crippen molar-refractivity contribution in [3.05, 3.63) is 53.2 Å². The van der Waals surface area contributed by atoms with Gasteiger partial charge < -0.3 is 10.2 Å². The van der Waals surface area contributed by atoms with E-state index in [0.29, 0.717) is 11.1 Å². The quantitative estimate of drug-likeness (QED) is 0.782. The van der Waals surface area contributed by atoms with Crippen LogP contribution in [0.4, 0.5) is 0 Å². The largest absolute Gasteiger partial charge is 0.447 e. The highest BCUT2D eigenvalue weighted by atomic mass is 32.2. The van der Waals surface area contributed by atoms with Crippen LogP contribution in [0.25, 0.3) is 0 Å². The standard InChI is InChI=1S/C13H12N4O4S/c14-5-9-2-1-3-10(4-9)8-22(19,20)16-6-12-17-11(7-21-12)13(15)18/h1-4,7,16H,6,8H2,(H2,15,18). The molecule has 2 rings (SSSR count). The molecule has 1 aromatic heterocycles. The third kappa shape index (κ3) is 4.15. The van der Waals surface area contributed by atoms with Gasteiger partial charge in [-0.1, -0.05) is 12.1 Å². The van der Waals surface area contributed by atoms with Crippen LogP contribution in [0.1, 0.15) is 27.5 Å². The average Bonchev–Trinajstić information content (AvgIpc) is 2.94. The minimum absolute atomic E-state index is 0.0307. The van der Waals surface area contributed by atoms with Gasteiger partial charge in [-0.2, -0.15) is 5.26 Å². The first-order valence-electron chi connectivity index (χ1n) is 6.10. The molecule has 0 radical (unpaired) electrons. The maximum absolute atomic E-state index is 12.0. The number of hydrogen-bond donors (Lipinski definition) is 2. The smallest absolute Gasteiger partial charge is 0.270 e. The molecule has 0 spiro atoms. The van der Waals surface area contributed by atoms with Crippen LogP contribution < -0.4 is 10.5 Å². The number of carbonyl (C=O) groups is 1. The van der Waals surface area contributed by atoms with Crippen LogP contribution in [0.5, 0.6) is 0 Å². The Balaban J connectivity index is 2.01. The molecule has 3 N–H and O–H groups in total. The Bertz CT molecular complexity index is 836. The van der Waals surface area contributed by atoms with Crippen molar-refractivity contribution in [1.29, 1.82) is 5.26 Å². The molecule has 1 aromatic carbocycles. The number of benzene rings is 1.